The van der Waals surface area contributed by atoms with Crippen molar-refractivity contribution in [3.63, 3.8) is 0 Å². The highest BCUT2D eigenvalue weighted by Crippen LogP contribution is 2.27. The molecule has 0 aliphatic rings. The predicted molar refractivity (Wildman–Crippen MR) is 82.2 cm³/mol. The standard InChI is InChI=1S/C15H18N4O2/c1-3-15(2,13(16)19-21)14(20)18-12-8-4-7-11-10(12)6-5-9-17-11/h4-9,21H,3H2,1-2H3,(H2,16,19)(H,18,20). The number of fused-ring (bicyclic) bond motifs is 1. The Bertz CT molecular complexity index is 694. The summed E-state index contributed by atoms with van der Waals surface area (Å²) in [5.41, 5.74) is 6.02. The number of hydrogen-bond acceptors (Lipinski definition) is 4. The largest absolute Gasteiger partial charge is 0.409 e. The highest BCUT2D eigenvalue weighted by Gasteiger charge is 2.36. The molecule has 0 saturated carbocycles. The van der Waals surface area contributed by atoms with Gasteiger partial charge in [-0.15, -0.1) is 0 Å². The number of nitrogens with one attached hydrogen (secondary N) is 1. The molecule has 1 amide bonds. The number of benzene rings is 1. The van der Waals surface area contributed by atoms with E-state index in [1.807, 2.05) is 25.1 Å². The molecule has 0 bridgehead atoms. The molecule has 4 N–H and O–H groups in total. The topological polar surface area (TPSA) is 101 Å². The lowest BCUT2D eigenvalue weighted by atomic mass is 9.85. The smallest absolute Gasteiger partial charge is 0.238 e. The van der Waals surface area contributed by atoms with E-state index >= 15 is 0 Å². The Morgan fingerprint density at radius 2 is 2.19 bits per heavy atom. The summed E-state index contributed by atoms with van der Waals surface area (Å²) < 4.78 is 0. The zero-order chi connectivity index (χ0) is 15.5. The van der Waals surface area contributed by atoms with Crippen molar-refractivity contribution in [2.45, 2.75) is 20.3 Å². The van der Waals surface area contributed by atoms with Crippen molar-refractivity contribution < 1.29 is 10.0 Å². The van der Waals surface area contributed by atoms with E-state index in [1.54, 1.807) is 25.3 Å². The van der Waals surface area contributed by atoms with Crippen LogP contribution in [0.15, 0.2) is 41.7 Å². The highest BCUT2D eigenvalue weighted by molar-refractivity contribution is 6.13. The summed E-state index contributed by atoms with van der Waals surface area (Å²) in [5, 5.41) is 15.5. The number of hydrogen-bond donors (Lipinski definition) is 3. The van der Waals surface area contributed by atoms with E-state index in [1.165, 1.54) is 0 Å². The second-order valence-electron chi connectivity index (χ2n) is 5.00. The van der Waals surface area contributed by atoms with Gasteiger partial charge in [-0.25, -0.2) is 0 Å². The first-order chi connectivity index (χ1) is 10.0. The van der Waals surface area contributed by atoms with Crippen molar-refractivity contribution in [3.8, 4) is 0 Å². The molecule has 1 aromatic carbocycles. The summed E-state index contributed by atoms with van der Waals surface area (Å²) >= 11 is 0. The number of aromatic nitrogens is 1. The number of anilines is 1. The number of rotatable bonds is 4. The van der Waals surface area contributed by atoms with Gasteiger partial charge in [0, 0.05) is 11.6 Å². The number of amides is 1. The molecule has 0 fully saturated rings. The summed E-state index contributed by atoms with van der Waals surface area (Å²) in [6.07, 6.45) is 2.11. The monoisotopic (exact) mass is 286 g/mol. The first-order valence-electron chi connectivity index (χ1n) is 6.66. The van der Waals surface area contributed by atoms with Crippen molar-refractivity contribution in [1.82, 2.24) is 4.98 Å². The number of carbonyl (C=O) groups excluding carboxylic acids is 1. The third-order valence-corrected chi connectivity index (χ3v) is 3.78. The van der Waals surface area contributed by atoms with Crippen LogP contribution in [-0.4, -0.2) is 21.9 Å². The van der Waals surface area contributed by atoms with Crippen molar-refractivity contribution in [1.29, 1.82) is 0 Å². The third-order valence-electron chi connectivity index (χ3n) is 3.78. The number of oxime groups is 1. The van der Waals surface area contributed by atoms with Gasteiger partial charge in [0.25, 0.3) is 0 Å². The maximum atomic E-state index is 12.5. The molecule has 0 aliphatic carbocycles. The molecule has 0 radical (unpaired) electrons. The van der Waals surface area contributed by atoms with Gasteiger partial charge in [-0.05, 0) is 37.6 Å². The molecule has 110 valence electrons. The van der Waals surface area contributed by atoms with Gasteiger partial charge in [-0.3, -0.25) is 9.78 Å². The predicted octanol–water partition coefficient (Wildman–Crippen LogP) is 2.34. The molecule has 2 rings (SSSR count). The van der Waals surface area contributed by atoms with Crippen LogP contribution in [0, 0.1) is 5.41 Å². The van der Waals surface area contributed by atoms with Gasteiger partial charge in [0.15, 0.2) is 5.84 Å². The Kier molecular flexibility index (Phi) is 4.07. The summed E-state index contributed by atoms with van der Waals surface area (Å²) in [6, 6.07) is 9.17. The van der Waals surface area contributed by atoms with Crippen LogP contribution in [0.25, 0.3) is 10.9 Å². The number of amidine groups is 1. The summed E-state index contributed by atoms with van der Waals surface area (Å²) in [5.74, 6) is -0.433. The fraction of sp³-hybridized carbons (Fsp3) is 0.267. The molecule has 0 aliphatic heterocycles. The number of pyridine rings is 1. The Hall–Kier alpha value is -2.63. The molecule has 0 spiro atoms. The quantitative estimate of drug-likeness (QED) is 0.347. The Labute approximate surface area is 122 Å². The van der Waals surface area contributed by atoms with Crippen LogP contribution in [0.1, 0.15) is 20.3 Å². The molecule has 21 heavy (non-hydrogen) atoms. The van der Waals surface area contributed by atoms with Crippen LogP contribution >= 0.6 is 0 Å². The fourth-order valence-electron chi connectivity index (χ4n) is 2.04. The van der Waals surface area contributed by atoms with Gasteiger partial charge in [0.2, 0.25) is 5.91 Å². The molecule has 1 atom stereocenters. The first kappa shape index (κ1) is 14.8. The van der Waals surface area contributed by atoms with E-state index in [0.717, 1.165) is 10.9 Å². The molecule has 1 unspecified atom stereocenters. The lowest BCUT2D eigenvalue weighted by Crippen LogP contribution is -2.44. The summed E-state index contributed by atoms with van der Waals surface area (Å²) in [4.78, 5) is 16.7. The van der Waals surface area contributed by atoms with Crippen LogP contribution < -0.4 is 11.1 Å². The van der Waals surface area contributed by atoms with Crippen molar-refractivity contribution in [2.24, 2.45) is 16.3 Å². The van der Waals surface area contributed by atoms with Gasteiger partial charge in [0.1, 0.15) is 5.41 Å². The zero-order valence-electron chi connectivity index (χ0n) is 12.0. The van der Waals surface area contributed by atoms with Crippen LogP contribution in [0.4, 0.5) is 5.69 Å². The molecule has 2 aromatic rings. The van der Waals surface area contributed by atoms with E-state index < -0.39 is 5.41 Å². The van der Waals surface area contributed by atoms with E-state index in [0.29, 0.717) is 12.1 Å². The minimum Gasteiger partial charge on any atom is -0.409 e. The average Bonchev–Trinajstić information content (AvgIpc) is 2.53. The number of nitrogens with zero attached hydrogens (tertiary/aromatic N) is 2. The average molecular weight is 286 g/mol. The van der Waals surface area contributed by atoms with Crippen LogP contribution in [0.3, 0.4) is 0 Å². The van der Waals surface area contributed by atoms with Crippen LogP contribution in [0.2, 0.25) is 0 Å². The van der Waals surface area contributed by atoms with Crippen LogP contribution in [0.5, 0.6) is 0 Å². The number of carbonyl (C=O) groups is 1. The van der Waals surface area contributed by atoms with Crippen LogP contribution in [-0.2, 0) is 4.79 Å². The molecule has 1 heterocycles. The van der Waals surface area contributed by atoms with E-state index in [2.05, 4.69) is 15.5 Å². The lowest BCUT2D eigenvalue weighted by Gasteiger charge is -2.25. The van der Waals surface area contributed by atoms with Gasteiger partial charge in [-0.2, -0.15) is 0 Å². The van der Waals surface area contributed by atoms with Gasteiger partial charge >= 0.3 is 0 Å². The molecule has 6 nitrogen and oxygen atoms in total. The number of nitrogens with two attached hydrogens (primary N) is 1. The van der Waals surface area contributed by atoms with Crippen molar-refractivity contribution in [2.75, 3.05) is 5.32 Å². The summed E-state index contributed by atoms with van der Waals surface area (Å²) in [7, 11) is 0. The SMILES string of the molecule is CCC(C)(C(=O)Nc1cccc2ncccc12)/C(N)=N/O. The second kappa shape index (κ2) is 5.78. The van der Waals surface area contributed by atoms with Crippen molar-refractivity contribution in [3.05, 3.63) is 36.5 Å². The first-order valence-corrected chi connectivity index (χ1v) is 6.66. The van der Waals surface area contributed by atoms with Gasteiger partial charge in [0.05, 0.1) is 11.2 Å². The fourth-order valence-corrected chi connectivity index (χ4v) is 2.04. The Morgan fingerprint density at radius 3 is 2.86 bits per heavy atom. The van der Waals surface area contributed by atoms with Gasteiger partial charge < -0.3 is 16.3 Å². The zero-order valence-corrected chi connectivity index (χ0v) is 12.0. The molecule has 0 saturated heterocycles. The maximum Gasteiger partial charge on any atom is 0.238 e. The van der Waals surface area contributed by atoms with E-state index in [4.69, 9.17) is 10.9 Å². The van der Waals surface area contributed by atoms with Crippen molar-refractivity contribution >= 4 is 28.3 Å². The minimum absolute atomic E-state index is 0.110. The second-order valence-corrected chi connectivity index (χ2v) is 5.00. The molecule has 6 heteroatoms. The van der Waals surface area contributed by atoms with Gasteiger partial charge in [-0.1, -0.05) is 18.1 Å². The lowest BCUT2D eigenvalue weighted by molar-refractivity contribution is -0.121. The third kappa shape index (κ3) is 2.65. The van der Waals surface area contributed by atoms with E-state index in [9.17, 15) is 4.79 Å². The maximum absolute atomic E-state index is 12.5. The molecule has 1 aromatic heterocycles. The minimum atomic E-state index is -1.07. The molecular weight excluding hydrogens is 268 g/mol. The Balaban J connectivity index is 2.38. The molecular formula is C15H18N4O2. The van der Waals surface area contributed by atoms with E-state index in [-0.39, 0.29) is 11.7 Å². The Morgan fingerprint density at radius 1 is 1.43 bits per heavy atom. The normalized spacial score (nSPS) is 14.7. The highest BCUT2D eigenvalue weighted by atomic mass is 16.4. The summed E-state index contributed by atoms with van der Waals surface area (Å²) in [6.45, 7) is 3.45.